The molecule has 0 radical (unpaired) electrons. The van der Waals surface area contributed by atoms with Gasteiger partial charge in [-0.25, -0.2) is 0 Å². The maximum atomic E-state index is 11.4. The van der Waals surface area contributed by atoms with E-state index in [0.29, 0.717) is 0 Å². The molecular formula is C11H8N2O. The van der Waals surface area contributed by atoms with Crippen molar-refractivity contribution in [3.05, 3.63) is 0 Å². The number of hydrazone groups is 1. The largest absolute Gasteiger partial charge is 0.271 e. The van der Waals surface area contributed by atoms with Gasteiger partial charge in [-0.15, -0.1) is 6.42 Å². The molecule has 1 unspecified atom stereocenters. The molecule has 0 bridgehead atoms. The standard InChI is InChI=1S/C11H8N2O/c1-4-5-6-7-8-13-11(14)9(2)10(3)12-13/h1,9H,2-3H3. The van der Waals surface area contributed by atoms with E-state index in [0.717, 1.165) is 10.7 Å². The van der Waals surface area contributed by atoms with Gasteiger partial charge in [0.15, 0.2) is 0 Å². The molecule has 0 N–H and O–H groups in total. The molecule has 1 aliphatic heterocycles. The first-order valence-electron chi connectivity index (χ1n) is 4.02. The molecular weight excluding hydrogens is 176 g/mol. The molecule has 3 heteroatoms. The smallest absolute Gasteiger partial charge is 0.263 e. The molecule has 0 aromatic heterocycles. The van der Waals surface area contributed by atoms with Gasteiger partial charge in [0.25, 0.3) is 5.91 Å². The Morgan fingerprint density at radius 2 is 2.14 bits per heavy atom. The van der Waals surface area contributed by atoms with E-state index in [-0.39, 0.29) is 11.8 Å². The fourth-order valence-electron chi connectivity index (χ4n) is 0.884. The van der Waals surface area contributed by atoms with Crippen LogP contribution in [0, 0.1) is 42.1 Å². The van der Waals surface area contributed by atoms with E-state index >= 15 is 0 Å². The van der Waals surface area contributed by atoms with Crippen LogP contribution in [-0.2, 0) is 4.79 Å². The summed E-state index contributed by atoms with van der Waals surface area (Å²) in [4.78, 5) is 11.4. The van der Waals surface area contributed by atoms with Crippen molar-refractivity contribution in [1.82, 2.24) is 5.01 Å². The van der Waals surface area contributed by atoms with Crippen LogP contribution in [-0.4, -0.2) is 16.6 Å². The molecule has 0 aromatic rings. The molecule has 0 spiro atoms. The number of nitrogens with zero attached hydrogens (tertiary/aromatic N) is 2. The first-order chi connectivity index (χ1) is 6.66. The highest BCUT2D eigenvalue weighted by atomic mass is 16.2. The van der Waals surface area contributed by atoms with Gasteiger partial charge in [-0.05, 0) is 25.7 Å². The van der Waals surface area contributed by atoms with Crippen LogP contribution in [0.25, 0.3) is 0 Å². The highest BCUT2D eigenvalue weighted by Gasteiger charge is 2.28. The number of amides is 1. The van der Waals surface area contributed by atoms with Gasteiger partial charge in [-0.2, -0.15) is 10.1 Å². The van der Waals surface area contributed by atoms with E-state index in [2.05, 4.69) is 34.8 Å². The minimum atomic E-state index is -0.190. The SMILES string of the molecule is C#CC#CC#CN1N=C(C)C(C)C1=O. The third-order valence-electron chi connectivity index (χ3n) is 1.82. The lowest BCUT2D eigenvalue weighted by atomic mass is 10.1. The summed E-state index contributed by atoms with van der Waals surface area (Å²) >= 11 is 0. The number of hydrogen-bond acceptors (Lipinski definition) is 2. The maximum absolute atomic E-state index is 11.4. The molecule has 1 atom stereocenters. The molecule has 0 aromatic carbocycles. The molecule has 0 saturated carbocycles. The third kappa shape index (κ3) is 1.94. The fourth-order valence-corrected chi connectivity index (χ4v) is 0.884. The summed E-state index contributed by atoms with van der Waals surface area (Å²) < 4.78 is 0. The maximum Gasteiger partial charge on any atom is 0.263 e. The summed E-state index contributed by atoms with van der Waals surface area (Å²) in [5.41, 5.74) is 0.759. The zero-order valence-corrected chi connectivity index (χ0v) is 7.96. The Morgan fingerprint density at radius 1 is 1.43 bits per heavy atom. The van der Waals surface area contributed by atoms with Gasteiger partial charge in [0, 0.05) is 17.6 Å². The van der Waals surface area contributed by atoms with Crippen LogP contribution in [0.5, 0.6) is 0 Å². The molecule has 0 saturated heterocycles. The number of hydrogen-bond donors (Lipinski definition) is 0. The van der Waals surface area contributed by atoms with Crippen molar-refractivity contribution in [1.29, 1.82) is 0 Å². The molecule has 0 aliphatic carbocycles. The normalized spacial score (nSPS) is 18.6. The predicted octanol–water partition coefficient (Wildman–Crippen LogP) is 0.438. The van der Waals surface area contributed by atoms with Crippen molar-refractivity contribution in [3.8, 4) is 36.1 Å². The number of rotatable bonds is 0. The first kappa shape index (κ1) is 9.90. The Kier molecular flexibility index (Phi) is 2.95. The molecule has 68 valence electrons. The zero-order valence-electron chi connectivity index (χ0n) is 7.96. The molecule has 1 aliphatic rings. The lowest BCUT2D eigenvalue weighted by Gasteiger charge is -2.01. The highest BCUT2D eigenvalue weighted by Crippen LogP contribution is 2.13. The van der Waals surface area contributed by atoms with Gasteiger partial charge in [0.05, 0.1) is 12.0 Å². The Hall–Kier alpha value is -2.18. The van der Waals surface area contributed by atoms with Gasteiger partial charge >= 0.3 is 0 Å². The van der Waals surface area contributed by atoms with Crippen LogP contribution in [0.3, 0.4) is 0 Å². The monoisotopic (exact) mass is 184 g/mol. The molecule has 0 fully saturated rings. The van der Waals surface area contributed by atoms with E-state index in [9.17, 15) is 4.79 Å². The van der Waals surface area contributed by atoms with Gasteiger partial charge in [-0.3, -0.25) is 4.79 Å². The van der Waals surface area contributed by atoms with Crippen molar-refractivity contribution in [2.45, 2.75) is 13.8 Å². The summed E-state index contributed by atoms with van der Waals surface area (Å²) in [6.07, 6.45) is 4.89. The first-order valence-corrected chi connectivity index (χ1v) is 4.02. The van der Waals surface area contributed by atoms with E-state index in [1.165, 1.54) is 0 Å². The Balaban J connectivity index is 2.78. The molecule has 3 nitrogen and oxygen atoms in total. The van der Waals surface area contributed by atoms with Crippen molar-refractivity contribution in [2.75, 3.05) is 0 Å². The summed E-state index contributed by atoms with van der Waals surface area (Å²) in [5, 5.41) is 5.06. The highest BCUT2D eigenvalue weighted by molar-refractivity contribution is 6.07. The second-order valence-electron chi connectivity index (χ2n) is 2.74. The molecule has 1 amide bonds. The van der Waals surface area contributed by atoms with E-state index in [1.807, 2.05) is 0 Å². The van der Waals surface area contributed by atoms with Crippen molar-refractivity contribution < 1.29 is 4.79 Å². The van der Waals surface area contributed by atoms with Gasteiger partial charge in [-0.1, -0.05) is 0 Å². The third-order valence-corrected chi connectivity index (χ3v) is 1.82. The number of terminal acetylenes is 1. The summed E-state index contributed by atoms with van der Waals surface area (Å²) in [6.45, 7) is 3.58. The van der Waals surface area contributed by atoms with Crippen molar-refractivity contribution in [2.24, 2.45) is 11.0 Å². The second-order valence-corrected chi connectivity index (χ2v) is 2.74. The van der Waals surface area contributed by atoms with Crippen LogP contribution in [0.2, 0.25) is 0 Å². The second kappa shape index (κ2) is 4.17. The van der Waals surface area contributed by atoms with Crippen LogP contribution >= 0.6 is 0 Å². The Morgan fingerprint density at radius 3 is 2.64 bits per heavy atom. The van der Waals surface area contributed by atoms with E-state index in [1.54, 1.807) is 13.8 Å². The molecule has 1 heterocycles. The minimum Gasteiger partial charge on any atom is -0.271 e. The summed E-state index contributed by atoms with van der Waals surface area (Å²) in [5.74, 6) is 8.97. The number of carbonyl (C=O) groups is 1. The average molecular weight is 184 g/mol. The van der Waals surface area contributed by atoms with Gasteiger partial charge in [0.2, 0.25) is 0 Å². The van der Waals surface area contributed by atoms with Crippen LogP contribution < -0.4 is 0 Å². The van der Waals surface area contributed by atoms with Crippen LogP contribution in [0.15, 0.2) is 5.10 Å². The minimum absolute atomic E-state index is 0.127. The predicted molar refractivity (Wildman–Crippen MR) is 53.5 cm³/mol. The van der Waals surface area contributed by atoms with Crippen LogP contribution in [0.1, 0.15) is 13.8 Å². The van der Waals surface area contributed by atoms with Gasteiger partial charge in [0.1, 0.15) is 0 Å². The molecule has 14 heavy (non-hydrogen) atoms. The number of carbonyl (C=O) groups excluding carboxylic acids is 1. The Bertz CT molecular complexity index is 446. The van der Waals surface area contributed by atoms with Crippen molar-refractivity contribution >= 4 is 11.6 Å². The molecule has 1 rings (SSSR count). The lowest BCUT2D eigenvalue weighted by Crippen LogP contribution is -2.21. The van der Waals surface area contributed by atoms with E-state index < -0.39 is 0 Å². The van der Waals surface area contributed by atoms with Crippen molar-refractivity contribution in [3.63, 3.8) is 0 Å². The topological polar surface area (TPSA) is 32.7 Å². The summed E-state index contributed by atoms with van der Waals surface area (Å²) in [6, 6.07) is 2.50. The fraction of sp³-hybridized carbons (Fsp3) is 0.273. The average Bonchev–Trinajstić information content (AvgIpc) is 2.41. The Labute approximate surface area is 83.2 Å². The van der Waals surface area contributed by atoms with E-state index in [4.69, 9.17) is 6.42 Å². The zero-order chi connectivity index (χ0) is 10.6. The quantitative estimate of drug-likeness (QED) is 0.503. The lowest BCUT2D eigenvalue weighted by molar-refractivity contribution is -0.128. The van der Waals surface area contributed by atoms with Crippen LogP contribution in [0.4, 0.5) is 0 Å². The van der Waals surface area contributed by atoms with Gasteiger partial charge < -0.3 is 0 Å². The summed E-state index contributed by atoms with van der Waals surface area (Å²) in [7, 11) is 0.